The van der Waals surface area contributed by atoms with Gasteiger partial charge in [0.05, 0.1) is 0 Å². The fourth-order valence-corrected chi connectivity index (χ4v) is 4.42. The van der Waals surface area contributed by atoms with Crippen molar-refractivity contribution in [2.75, 3.05) is 0 Å². The van der Waals surface area contributed by atoms with Gasteiger partial charge in [-0.05, 0) is 87.8 Å². The average molecular weight is 431 g/mol. The number of carbonyl (C=O) groups excluding carboxylic acids is 1. The van der Waals surface area contributed by atoms with Gasteiger partial charge < -0.3 is 4.79 Å². The normalized spacial score (nSPS) is 15.1. The van der Waals surface area contributed by atoms with Crippen LogP contribution in [-0.4, -0.2) is 6.29 Å². The van der Waals surface area contributed by atoms with Gasteiger partial charge in [-0.25, -0.2) is 0 Å². The molecule has 2 heteroatoms. The van der Waals surface area contributed by atoms with Crippen LogP contribution in [0.4, 0.5) is 0 Å². The van der Waals surface area contributed by atoms with Crippen LogP contribution in [-0.2, 0) is 11.2 Å². The Bertz CT molecular complexity index is 661. The van der Waals surface area contributed by atoms with Crippen molar-refractivity contribution in [3.05, 3.63) is 40.5 Å². The molecule has 1 nitrogen and oxygen atoms in total. The lowest BCUT2D eigenvalue weighted by Crippen LogP contribution is -2.02. The second-order valence-electron chi connectivity index (χ2n) is 9.83. The molecule has 0 saturated carbocycles. The van der Waals surface area contributed by atoms with Crippen LogP contribution < -0.4 is 0 Å². The Labute approximate surface area is 192 Å². The number of aryl methyl sites for hydroxylation is 2. The molecule has 170 valence electrons. The largest absolute Gasteiger partial charge is 0.303 e. The zero-order valence-corrected chi connectivity index (χ0v) is 21.4. The van der Waals surface area contributed by atoms with Crippen molar-refractivity contribution in [2.45, 2.75) is 111 Å². The van der Waals surface area contributed by atoms with Crippen LogP contribution in [0.1, 0.15) is 102 Å². The van der Waals surface area contributed by atoms with Gasteiger partial charge in [0.15, 0.2) is 0 Å². The van der Waals surface area contributed by atoms with Crippen molar-refractivity contribution >= 4 is 18.9 Å². The molecule has 0 aliphatic heterocycles. The van der Waals surface area contributed by atoms with E-state index in [4.69, 9.17) is 12.6 Å². The quantitative estimate of drug-likeness (QED) is 0.167. The van der Waals surface area contributed by atoms with E-state index in [0.29, 0.717) is 0 Å². The smallest absolute Gasteiger partial charge is 0.122 e. The first-order chi connectivity index (χ1) is 14.2. The van der Waals surface area contributed by atoms with Crippen LogP contribution in [0.5, 0.6) is 0 Å². The second kappa shape index (κ2) is 14.9. The number of hydrogen-bond acceptors (Lipinski definition) is 2. The van der Waals surface area contributed by atoms with Gasteiger partial charge in [0.1, 0.15) is 6.29 Å². The fourth-order valence-electron chi connectivity index (χ4n) is 4.06. The number of allylic oxidation sites excluding steroid dienone is 2. The molecule has 30 heavy (non-hydrogen) atoms. The van der Waals surface area contributed by atoms with Crippen molar-refractivity contribution < 1.29 is 4.79 Å². The van der Waals surface area contributed by atoms with Crippen LogP contribution >= 0.6 is 12.6 Å². The minimum atomic E-state index is 0.192. The van der Waals surface area contributed by atoms with E-state index in [1.54, 1.807) is 0 Å². The predicted octanol–water partition coefficient (Wildman–Crippen LogP) is 8.70. The Morgan fingerprint density at radius 1 is 0.967 bits per heavy atom. The molecule has 1 aromatic carbocycles. The number of thiol groups is 1. The molecular formula is C28H46OS. The highest BCUT2D eigenvalue weighted by Gasteiger charge is 2.09. The molecule has 0 fully saturated rings. The van der Waals surface area contributed by atoms with Crippen LogP contribution in [0.15, 0.2) is 28.7 Å². The summed E-state index contributed by atoms with van der Waals surface area (Å²) in [6, 6.07) is 4.50. The van der Waals surface area contributed by atoms with Gasteiger partial charge in [-0.3, -0.25) is 0 Å². The highest BCUT2D eigenvalue weighted by molar-refractivity contribution is 7.80. The number of rotatable bonds is 15. The van der Waals surface area contributed by atoms with Crippen LogP contribution in [0.25, 0.3) is 0 Å². The third-order valence-corrected chi connectivity index (χ3v) is 7.32. The monoisotopic (exact) mass is 430 g/mol. The summed E-state index contributed by atoms with van der Waals surface area (Å²) in [6.45, 7) is 13.4. The van der Waals surface area contributed by atoms with Gasteiger partial charge >= 0.3 is 0 Å². The van der Waals surface area contributed by atoms with Crippen LogP contribution in [0, 0.1) is 31.6 Å². The van der Waals surface area contributed by atoms with Gasteiger partial charge in [0.25, 0.3) is 0 Å². The van der Waals surface area contributed by atoms with E-state index in [9.17, 15) is 4.79 Å². The van der Waals surface area contributed by atoms with Crippen molar-refractivity contribution in [2.24, 2.45) is 17.8 Å². The summed E-state index contributed by atoms with van der Waals surface area (Å²) in [5.74, 6) is 1.80. The summed E-state index contributed by atoms with van der Waals surface area (Å²) in [7, 11) is 0. The summed E-state index contributed by atoms with van der Waals surface area (Å²) >= 11 is 4.74. The van der Waals surface area contributed by atoms with E-state index in [1.165, 1.54) is 72.1 Å². The highest BCUT2D eigenvalue weighted by atomic mass is 32.1. The number of benzene rings is 1. The molecule has 0 saturated heterocycles. The summed E-state index contributed by atoms with van der Waals surface area (Å²) in [4.78, 5) is 11.9. The molecule has 0 heterocycles. The summed E-state index contributed by atoms with van der Waals surface area (Å²) < 4.78 is 0. The molecule has 0 bridgehead atoms. The fraction of sp³-hybridized carbons (Fsp3) is 0.679. The number of aldehydes is 1. The summed E-state index contributed by atoms with van der Waals surface area (Å²) in [5, 5.41) is 0. The standard InChI is InChI=1S/C28H46OS/c1-21(10-7-11-22(2)13-9-15-24(4)20-29)12-8-14-23(3)16-18-27-19-17-25(5)26(6)28(27)30/h13,17,19-21,23-24,30H,7-12,14-16,18H2,1-6H3/b22-13+. The molecule has 3 unspecified atom stereocenters. The summed E-state index contributed by atoms with van der Waals surface area (Å²) in [5.41, 5.74) is 5.57. The van der Waals surface area contributed by atoms with Gasteiger partial charge in [-0.2, -0.15) is 0 Å². The Kier molecular flexibility index (Phi) is 13.4. The lowest BCUT2D eigenvalue weighted by atomic mass is 9.91. The maximum atomic E-state index is 10.7. The lowest BCUT2D eigenvalue weighted by molar-refractivity contribution is -0.110. The molecular weight excluding hydrogens is 384 g/mol. The minimum absolute atomic E-state index is 0.192. The average Bonchev–Trinajstić information content (AvgIpc) is 2.71. The predicted molar refractivity (Wildman–Crippen MR) is 136 cm³/mol. The van der Waals surface area contributed by atoms with Gasteiger partial charge in [-0.1, -0.05) is 70.2 Å². The maximum Gasteiger partial charge on any atom is 0.122 e. The molecule has 0 amide bonds. The Morgan fingerprint density at radius 3 is 2.27 bits per heavy atom. The SMILES string of the molecule is C/C(=C\CCC(C)C=O)CCCC(C)CCCC(C)CCc1ccc(C)c(C)c1S. The van der Waals surface area contributed by atoms with Crippen molar-refractivity contribution in [3.8, 4) is 0 Å². The van der Waals surface area contributed by atoms with Gasteiger partial charge in [-0.15, -0.1) is 12.6 Å². The highest BCUT2D eigenvalue weighted by Crippen LogP contribution is 2.26. The number of carbonyl (C=O) groups is 1. The van der Waals surface area contributed by atoms with Gasteiger partial charge in [0, 0.05) is 10.8 Å². The van der Waals surface area contributed by atoms with E-state index in [1.807, 2.05) is 6.92 Å². The first-order valence-electron chi connectivity index (χ1n) is 12.1. The Morgan fingerprint density at radius 2 is 1.60 bits per heavy atom. The zero-order valence-electron chi connectivity index (χ0n) is 20.5. The van der Waals surface area contributed by atoms with E-state index in [0.717, 1.165) is 37.4 Å². The molecule has 0 spiro atoms. The molecule has 3 atom stereocenters. The second-order valence-corrected chi connectivity index (χ2v) is 10.3. The lowest BCUT2D eigenvalue weighted by Gasteiger charge is -2.16. The molecule has 0 radical (unpaired) electrons. The molecule has 0 N–H and O–H groups in total. The minimum Gasteiger partial charge on any atom is -0.303 e. The molecule has 1 rings (SSSR count). The zero-order chi connectivity index (χ0) is 22.5. The summed E-state index contributed by atoms with van der Waals surface area (Å²) in [6.07, 6.45) is 15.7. The van der Waals surface area contributed by atoms with Crippen molar-refractivity contribution in [1.29, 1.82) is 0 Å². The van der Waals surface area contributed by atoms with Crippen molar-refractivity contribution in [3.63, 3.8) is 0 Å². The Hall–Kier alpha value is -1.02. The first-order valence-corrected chi connectivity index (χ1v) is 12.6. The third kappa shape index (κ3) is 10.8. The molecule has 1 aromatic rings. The van der Waals surface area contributed by atoms with Crippen LogP contribution in [0.2, 0.25) is 0 Å². The van der Waals surface area contributed by atoms with E-state index in [2.05, 4.69) is 52.8 Å². The van der Waals surface area contributed by atoms with E-state index >= 15 is 0 Å². The maximum absolute atomic E-state index is 10.7. The molecule has 0 aromatic heterocycles. The Balaban J connectivity index is 2.17. The topological polar surface area (TPSA) is 17.1 Å². The van der Waals surface area contributed by atoms with E-state index < -0.39 is 0 Å². The molecule has 0 aliphatic carbocycles. The first kappa shape index (κ1) is 27.0. The van der Waals surface area contributed by atoms with Crippen LogP contribution in [0.3, 0.4) is 0 Å². The number of hydrogen-bond donors (Lipinski definition) is 1. The third-order valence-electron chi connectivity index (χ3n) is 6.70. The van der Waals surface area contributed by atoms with E-state index in [-0.39, 0.29) is 5.92 Å². The molecule has 0 aliphatic rings. The van der Waals surface area contributed by atoms with Gasteiger partial charge in [0.2, 0.25) is 0 Å². The van der Waals surface area contributed by atoms with Crippen molar-refractivity contribution in [1.82, 2.24) is 0 Å².